The number of furan rings is 1. The van der Waals surface area contributed by atoms with Crippen LogP contribution < -0.4 is 5.32 Å². The van der Waals surface area contributed by atoms with E-state index in [9.17, 15) is 4.79 Å². The maximum Gasteiger partial charge on any atom is 0.291 e. The van der Waals surface area contributed by atoms with Crippen molar-refractivity contribution in [1.29, 1.82) is 0 Å². The summed E-state index contributed by atoms with van der Waals surface area (Å²) >= 11 is 3.59. The van der Waals surface area contributed by atoms with Gasteiger partial charge in [-0.15, -0.1) is 22.7 Å². The van der Waals surface area contributed by atoms with E-state index >= 15 is 0 Å². The van der Waals surface area contributed by atoms with Crippen molar-refractivity contribution in [2.45, 2.75) is 31.7 Å². The zero-order valence-electron chi connectivity index (χ0n) is 17.2. The molecule has 1 aliphatic heterocycles. The van der Waals surface area contributed by atoms with Crippen LogP contribution in [0.15, 0.2) is 40.3 Å². The van der Waals surface area contributed by atoms with Gasteiger partial charge in [-0.1, -0.05) is 6.07 Å². The molecule has 1 N–H and O–H groups in total. The molecule has 1 amide bonds. The Kier molecular flexibility index (Phi) is 5.78. The summed E-state index contributed by atoms with van der Waals surface area (Å²) in [5.41, 5.74) is 2.79. The van der Waals surface area contributed by atoms with Gasteiger partial charge in [0.1, 0.15) is 5.00 Å². The summed E-state index contributed by atoms with van der Waals surface area (Å²) in [5.74, 6) is 0.197. The average Bonchev–Trinajstić information content (AvgIpc) is 3.52. The Labute approximate surface area is 185 Å². The molecule has 0 radical (unpaired) electrons. The average molecular weight is 442 g/mol. The standard InChI is InChI=1S/C23H27N3O2S2/c1-25-10-12-26(13-11-25)21(19-9-5-15-29-19)20-16-6-2-3-8-18(16)30-23(20)24-22(27)17-7-4-14-28-17/h4-5,7,9,14-15,21H,2-3,6,8,10-13H2,1H3,(H,24,27)/t21-/m1/s1. The second-order valence-electron chi connectivity index (χ2n) is 8.14. The van der Waals surface area contributed by atoms with Gasteiger partial charge in [0, 0.05) is 41.5 Å². The van der Waals surface area contributed by atoms with Crippen molar-refractivity contribution in [2.75, 3.05) is 38.5 Å². The Bertz CT molecular complexity index is 986. The smallest absolute Gasteiger partial charge is 0.291 e. The van der Waals surface area contributed by atoms with Crippen molar-refractivity contribution in [3.05, 3.63) is 62.6 Å². The van der Waals surface area contributed by atoms with Gasteiger partial charge < -0.3 is 14.6 Å². The van der Waals surface area contributed by atoms with Crippen LogP contribution in [0.1, 0.15) is 50.3 Å². The Balaban J connectivity index is 1.57. The number of nitrogens with one attached hydrogen (secondary N) is 1. The predicted octanol–water partition coefficient (Wildman–Crippen LogP) is 4.87. The van der Waals surface area contributed by atoms with Crippen LogP contribution in [0, 0.1) is 0 Å². The van der Waals surface area contributed by atoms with Gasteiger partial charge in [0.15, 0.2) is 5.76 Å². The molecule has 1 fully saturated rings. The molecule has 5 rings (SSSR count). The first-order valence-electron chi connectivity index (χ1n) is 10.7. The van der Waals surface area contributed by atoms with Gasteiger partial charge in [0.05, 0.1) is 12.3 Å². The number of piperazine rings is 1. The molecule has 0 bridgehead atoms. The summed E-state index contributed by atoms with van der Waals surface area (Å²) in [6, 6.07) is 8.07. The number of rotatable bonds is 5. The molecule has 0 spiro atoms. The summed E-state index contributed by atoms with van der Waals surface area (Å²) in [7, 11) is 2.19. The van der Waals surface area contributed by atoms with Crippen molar-refractivity contribution in [2.24, 2.45) is 0 Å². The zero-order chi connectivity index (χ0) is 20.5. The van der Waals surface area contributed by atoms with Gasteiger partial charge in [0.2, 0.25) is 0 Å². The lowest BCUT2D eigenvalue weighted by atomic mass is 9.91. The quantitative estimate of drug-likeness (QED) is 0.614. The van der Waals surface area contributed by atoms with Crippen molar-refractivity contribution in [1.82, 2.24) is 9.80 Å². The summed E-state index contributed by atoms with van der Waals surface area (Å²) in [4.78, 5) is 20.7. The molecular formula is C23H27N3O2S2. The Hall–Kier alpha value is -1.93. The fraction of sp³-hybridized carbons (Fsp3) is 0.435. The van der Waals surface area contributed by atoms with Gasteiger partial charge in [-0.25, -0.2) is 0 Å². The first kappa shape index (κ1) is 20.0. The van der Waals surface area contributed by atoms with Gasteiger partial charge >= 0.3 is 0 Å². The number of thiophene rings is 2. The molecule has 158 valence electrons. The molecule has 7 heteroatoms. The van der Waals surface area contributed by atoms with E-state index in [2.05, 4.69) is 39.7 Å². The number of anilines is 1. The maximum atomic E-state index is 12.9. The molecule has 0 saturated carbocycles. The topological polar surface area (TPSA) is 48.7 Å². The Morgan fingerprint density at radius 1 is 1.13 bits per heavy atom. The number of hydrogen-bond donors (Lipinski definition) is 1. The minimum absolute atomic E-state index is 0.164. The molecule has 0 aromatic carbocycles. The third kappa shape index (κ3) is 3.87. The van der Waals surface area contributed by atoms with Crippen LogP contribution in [0.25, 0.3) is 0 Å². The molecule has 3 aromatic rings. The van der Waals surface area contributed by atoms with Crippen molar-refractivity contribution in [3.8, 4) is 0 Å². The fourth-order valence-electron chi connectivity index (χ4n) is 4.58. The number of aryl methyl sites for hydroxylation is 1. The largest absolute Gasteiger partial charge is 0.459 e. The second kappa shape index (κ2) is 8.67. The molecular weight excluding hydrogens is 414 g/mol. The van der Waals surface area contributed by atoms with Crippen LogP contribution in [-0.4, -0.2) is 48.9 Å². The lowest BCUT2D eigenvalue weighted by Crippen LogP contribution is -2.46. The fourth-order valence-corrected chi connectivity index (χ4v) is 6.76. The lowest BCUT2D eigenvalue weighted by molar-refractivity contribution is 0.0996. The van der Waals surface area contributed by atoms with Gasteiger partial charge in [-0.3, -0.25) is 9.69 Å². The first-order chi connectivity index (χ1) is 14.7. The van der Waals surface area contributed by atoms with E-state index in [1.165, 1.54) is 33.7 Å². The monoisotopic (exact) mass is 441 g/mol. The minimum Gasteiger partial charge on any atom is -0.459 e. The maximum absolute atomic E-state index is 12.9. The molecule has 2 aliphatic rings. The van der Waals surface area contributed by atoms with Gasteiger partial charge in [-0.05, 0) is 61.9 Å². The molecule has 0 unspecified atom stereocenters. The first-order valence-corrected chi connectivity index (χ1v) is 12.4. The number of amides is 1. The number of carbonyl (C=O) groups is 1. The SMILES string of the molecule is CN1CCN([C@H](c2cccs2)c2c(NC(=O)c3ccco3)sc3c2CCCC3)CC1. The summed E-state index contributed by atoms with van der Waals surface area (Å²) in [6.07, 6.45) is 6.23. The van der Waals surface area contributed by atoms with Gasteiger partial charge in [0.25, 0.3) is 5.91 Å². The van der Waals surface area contributed by atoms with E-state index in [1.54, 1.807) is 29.7 Å². The number of carbonyl (C=O) groups excluding carboxylic acids is 1. The second-order valence-corrected chi connectivity index (χ2v) is 10.2. The number of fused-ring (bicyclic) bond motifs is 1. The molecule has 30 heavy (non-hydrogen) atoms. The van der Waals surface area contributed by atoms with E-state index < -0.39 is 0 Å². The van der Waals surface area contributed by atoms with E-state index in [0.717, 1.165) is 44.0 Å². The number of likely N-dealkylation sites (N-methyl/N-ethyl adjacent to an activating group) is 1. The highest BCUT2D eigenvalue weighted by Crippen LogP contribution is 2.46. The van der Waals surface area contributed by atoms with Crippen molar-refractivity contribution in [3.63, 3.8) is 0 Å². The molecule has 1 aliphatic carbocycles. The number of nitrogens with zero attached hydrogens (tertiary/aromatic N) is 2. The van der Waals surface area contributed by atoms with Crippen LogP contribution >= 0.6 is 22.7 Å². The molecule has 3 aromatic heterocycles. The van der Waals surface area contributed by atoms with Crippen LogP contribution in [-0.2, 0) is 12.8 Å². The Morgan fingerprint density at radius 2 is 1.97 bits per heavy atom. The molecule has 4 heterocycles. The predicted molar refractivity (Wildman–Crippen MR) is 123 cm³/mol. The number of hydrogen-bond acceptors (Lipinski definition) is 6. The third-order valence-corrected chi connectivity index (χ3v) is 8.32. The highest BCUT2D eigenvalue weighted by atomic mass is 32.1. The van der Waals surface area contributed by atoms with Crippen LogP contribution in [0.3, 0.4) is 0 Å². The highest BCUT2D eigenvalue weighted by molar-refractivity contribution is 7.16. The molecule has 1 saturated heterocycles. The highest BCUT2D eigenvalue weighted by Gasteiger charge is 2.34. The van der Waals surface area contributed by atoms with E-state index in [4.69, 9.17) is 4.42 Å². The van der Waals surface area contributed by atoms with Gasteiger partial charge in [-0.2, -0.15) is 0 Å². The van der Waals surface area contributed by atoms with E-state index in [-0.39, 0.29) is 11.9 Å². The van der Waals surface area contributed by atoms with E-state index in [1.807, 2.05) is 11.3 Å². The van der Waals surface area contributed by atoms with Crippen LogP contribution in [0.4, 0.5) is 5.00 Å². The summed E-state index contributed by atoms with van der Waals surface area (Å²) in [5, 5.41) is 6.38. The Morgan fingerprint density at radius 3 is 2.70 bits per heavy atom. The third-order valence-electron chi connectivity index (χ3n) is 6.17. The molecule has 5 nitrogen and oxygen atoms in total. The lowest BCUT2D eigenvalue weighted by Gasteiger charge is -2.38. The zero-order valence-corrected chi connectivity index (χ0v) is 18.9. The minimum atomic E-state index is -0.164. The van der Waals surface area contributed by atoms with E-state index in [0.29, 0.717) is 5.76 Å². The normalized spacial score (nSPS) is 18.8. The van der Waals surface area contributed by atoms with Crippen LogP contribution in [0.5, 0.6) is 0 Å². The van der Waals surface area contributed by atoms with Crippen LogP contribution in [0.2, 0.25) is 0 Å². The summed E-state index contributed by atoms with van der Waals surface area (Å²) < 4.78 is 5.35. The molecule has 1 atom stereocenters. The van der Waals surface area contributed by atoms with Crippen molar-refractivity contribution >= 4 is 33.6 Å². The summed E-state index contributed by atoms with van der Waals surface area (Å²) in [6.45, 7) is 4.22. The van der Waals surface area contributed by atoms with Crippen molar-refractivity contribution < 1.29 is 9.21 Å².